The van der Waals surface area contributed by atoms with Gasteiger partial charge < -0.3 is 14.6 Å². The van der Waals surface area contributed by atoms with E-state index >= 15 is 0 Å². The number of hydrogen-bond acceptors (Lipinski definition) is 6. The van der Waals surface area contributed by atoms with Gasteiger partial charge in [0.25, 0.3) is 10.0 Å². The van der Waals surface area contributed by atoms with Gasteiger partial charge in [0.15, 0.2) is 0 Å². The third-order valence-electron chi connectivity index (χ3n) is 4.63. The molecule has 3 rings (SSSR count). The fourth-order valence-corrected chi connectivity index (χ4v) is 4.75. The molecule has 2 aromatic rings. The fourth-order valence-electron chi connectivity index (χ4n) is 3.21. The number of sulfonamides is 1. The smallest absolute Gasteiger partial charge is 0.264 e. The van der Waals surface area contributed by atoms with Crippen LogP contribution in [0.5, 0.6) is 5.75 Å². The highest BCUT2D eigenvalue weighted by Crippen LogP contribution is 2.32. The van der Waals surface area contributed by atoms with Gasteiger partial charge in [-0.25, -0.2) is 8.42 Å². The van der Waals surface area contributed by atoms with E-state index in [1.165, 1.54) is 11.4 Å². The van der Waals surface area contributed by atoms with E-state index in [9.17, 15) is 13.5 Å². The maximum atomic E-state index is 13.4. The molecule has 7 nitrogen and oxygen atoms in total. The van der Waals surface area contributed by atoms with Crippen molar-refractivity contribution in [1.82, 2.24) is 4.90 Å². The first-order chi connectivity index (χ1) is 13.5. The largest absolute Gasteiger partial charge is 0.495 e. The number of morpholine rings is 1. The van der Waals surface area contributed by atoms with Crippen LogP contribution in [-0.2, 0) is 14.8 Å². The average Bonchev–Trinajstić information content (AvgIpc) is 2.73. The van der Waals surface area contributed by atoms with Crippen LogP contribution in [0.2, 0.25) is 0 Å². The Morgan fingerprint density at radius 2 is 1.75 bits per heavy atom. The standard InChI is InChI=1S/C20H26N2O5S/c1-26-20-10-6-5-9-19(20)22(28(24,25)18-7-3-2-4-8-18)16-17(23)15-21-11-13-27-14-12-21/h2-10,17,23H,11-16H2,1H3. The second kappa shape index (κ2) is 9.38. The van der Waals surface area contributed by atoms with Crippen LogP contribution in [0.3, 0.4) is 0 Å². The van der Waals surface area contributed by atoms with E-state index in [4.69, 9.17) is 9.47 Å². The Morgan fingerprint density at radius 3 is 2.43 bits per heavy atom. The summed E-state index contributed by atoms with van der Waals surface area (Å²) < 4.78 is 38.6. The highest BCUT2D eigenvalue weighted by Gasteiger charge is 2.29. The molecule has 0 aromatic heterocycles. The highest BCUT2D eigenvalue weighted by atomic mass is 32.2. The molecule has 0 saturated carbocycles. The van der Waals surface area contributed by atoms with E-state index in [1.54, 1.807) is 54.6 Å². The molecule has 0 spiro atoms. The number of β-amino-alcohol motifs (C(OH)–C–C–N with tert-alkyl or cyclic N) is 1. The number of benzene rings is 2. The van der Waals surface area contributed by atoms with Crippen LogP contribution >= 0.6 is 0 Å². The molecule has 152 valence electrons. The van der Waals surface area contributed by atoms with Gasteiger partial charge in [0.2, 0.25) is 0 Å². The van der Waals surface area contributed by atoms with Gasteiger partial charge in [0.05, 0.1) is 43.6 Å². The molecule has 0 bridgehead atoms. The first kappa shape index (κ1) is 20.6. The van der Waals surface area contributed by atoms with Crippen molar-refractivity contribution < 1.29 is 23.0 Å². The number of anilines is 1. The summed E-state index contributed by atoms with van der Waals surface area (Å²) in [6, 6.07) is 15.1. The number of hydrogen-bond donors (Lipinski definition) is 1. The van der Waals surface area contributed by atoms with Crippen molar-refractivity contribution in [1.29, 1.82) is 0 Å². The third-order valence-corrected chi connectivity index (χ3v) is 6.43. The van der Waals surface area contributed by atoms with Crippen LogP contribution < -0.4 is 9.04 Å². The number of para-hydroxylation sites is 2. The summed E-state index contributed by atoms with van der Waals surface area (Å²) in [5, 5.41) is 10.7. The normalized spacial score (nSPS) is 16.5. The van der Waals surface area contributed by atoms with Crippen molar-refractivity contribution in [2.45, 2.75) is 11.0 Å². The first-order valence-electron chi connectivity index (χ1n) is 9.21. The molecule has 0 aliphatic carbocycles. The zero-order valence-corrected chi connectivity index (χ0v) is 16.7. The summed E-state index contributed by atoms with van der Waals surface area (Å²) in [7, 11) is -2.38. The number of rotatable bonds is 8. The third kappa shape index (κ3) is 4.82. The molecule has 0 radical (unpaired) electrons. The minimum Gasteiger partial charge on any atom is -0.495 e. The Balaban J connectivity index is 1.90. The van der Waals surface area contributed by atoms with Gasteiger partial charge in [-0.1, -0.05) is 30.3 Å². The monoisotopic (exact) mass is 406 g/mol. The van der Waals surface area contributed by atoms with Crippen LogP contribution in [0, 0.1) is 0 Å². The second-order valence-electron chi connectivity index (χ2n) is 6.59. The van der Waals surface area contributed by atoms with Crippen molar-refractivity contribution in [3.05, 3.63) is 54.6 Å². The summed E-state index contributed by atoms with van der Waals surface area (Å²) in [5.41, 5.74) is 0.398. The van der Waals surface area contributed by atoms with E-state index in [0.29, 0.717) is 31.2 Å². The first-order valence-corrected chi connectivity index (χ1v) is 10.7. The molecule has 1 fully saturated rings. The molecule has 28 heavy (non-hydrogen) atoms. The van der Waals surface area contributed by atoms with Crippen LogP contribution in [-0.4, -0.2) is 71.0 Å². The summed E-state index contributed by atoms with van der Waals surface area (Å²) in [5.74, 6) is 0.431. The fraction of sp³-hybridized carbons (Fsp3) is 0.400. The predicted molar refractivity (Wildman–Crippen MR) is 107 cm³/mol. The van der Waals surface area contributed by atoms with Crippen LogP contribution in [0.1, 0.15) is 0 Å². The predicted octanol–water partition coefficient (Wildman–Crippen LogP) is 1.58. The van der Waals surface area contributed by atoms with Gasteiger partial charge in [-0.15, -0.1) is 0 Å². The molecule has 0 amide bonds. The summed E-state index contributed by atoms with van der Waals surface area (Å²) in [6.45, 7) is 2.97. The SMILES string of the molecule is COc1ccccc1N(CC(O)CN1CCOCC1)S(=O)(=O)c1ccccc1. The lowest BCUT2D eigenvalue weighted by Crippen LogP contribution is -2.46. The zero-order chi connectivity index (χ0) is 20.0. The van der Waals surface area contributed by atoms with E-state index in [-0.39, 0.29) is 11.4 Å². The molecule has 8 heteroatoms. The van der Waals surface area contributed by atoms with E-state index in [1.807, 2.05) is 0 Å². The number of methoxy groups -OCH3 is 1. The van der Waals surface area contributed by atoms with Crippen molar-refractivity contribution in [2.75, 3.05) is 50.8 Å². The molecule has 1 heterocycles. The van der Waals surface area contributed by atoms with Gasteiger partial charge in [-0.3, -0.25) is 9.21 Å². The number of aliphatic hydroxyl groups excluding tert-OH is 1. The second-order valence-corrected chi connectivity index (χ2v) is 8.45. The maximum Gasteiger partial charge on any atom is 0.264 e. The lowest BCUT2D eigenvalue weighted by Gasteiger charge is -2.32. The van der Waals surface area contributed by atoms with Crippen LogP contribution in [0.15, 0.2) is 59.5 Å². The Hall–Kier alpha value is -2.13. The Kier molecular flexibility index (Phi) is 6.90. The number of nitrogens with zero attached hydrogens (tertiary/aromatic N) is 2. The van der Waals surface area contributed by atoms with Crippen LogP contribution in [0.25, 0.3) is 0 Å². The van der Waals surface area contributed by atoms with E-state index < -0.39 is 16.1 Å². The van der Waals surface area contributed by atoms with Gasteiger partial charge in [-0.05, 0) is 24.3 Å². The molecule has 1 saturated heterocycles. The molecule has 1 atom stereocenters. The minimum atomic E-state index is -3.87. The lowest BCUT2D eigenvalue weighted by molar-refractivity contribution is 0.0166. The summed E-state index contributed by atoms with van der Waals surface area (Å²) in [6.07, 6.45) is -0.860. The zero-order valence-electron chi connectivity index (χ0n) is 15.9. The molecule has 1 N–H and O–H groups in total. The Morgan fingerprint density at radius 1 is 1.11 bits per heavy atom. The molecule has 1 unspecified atom stereocenters. The van der Waals surface area contributed by atoms with Crippen molar-refractivity contribution in [3.63, 3.8) is 0 Å². The minimum absolute atomic E-state index is 0.0744. The van der Waals surface area contributed by atoms with Gasteiger partial charge in [0, 0.05) is 19.6 Å². The number of ether oxygens (including phenoxy) is 2. The topological polar surface area (TPSA) is 79.3 Å². The summed E-state index contributed by atoms with van der Waals surface area (Å²) >= 11 is 0. The molecular weight excluding hydrogens is 380 g/mol. The maximum absolute atomic E-state index is 13.4. The molecule has 1 aliphatic rings. The van der Waals surface area contributed by atoms with Crippen molar-refractivity contribution in [3.8, 4) is 5.75 Å². The molecular formula is C20H26N2O5S. The molecule has 1 aliphatic heterocycles. The Labute approximate surface area is 166 Å². The van der Waals surface area contributed by atoms with E-state index in [2.05, 4.69) is 4.90 Å². The highest BCUT2D eigenvalue weighted by molar-refractivity contribution is 7.92. The lowest BCUT2D eigenvalue weighted by atomic mass is 10.2. The quantitative estimate of drug-likeness (QED) is 0.717. The van der Waals surface area contributed by atoms with Crippen molar-refractivity contribution >= 4 is 15.7 Å². The summed E-state index contributed by atoms with van der Waals surface area (Å²) in [4.78, 5) is 2.24. The van der Waals surface area contributed by atoms with E-state index in [0.717, 1.165) is 13.1 Å². The Bertz CT molecular complexity index is 854. The molecule has 2 aromatic carbocycles. The van der Waals surface area contributed by atoms with Crippen molar-refractivity contribution in [2.24, 2.45) is 0 Å². The van der Waals surface area contributed by atoms with Gasteiger partial charge >= 0.3 is 0 Å². The van der Waals surface area contributed by atoms with Crippen LogP contribution in [0.4, 0.5) is 5.69 Å². The average molecular weight is 407 g/mol. The van der Waals surface area contributed by atoms with Gasteiger partial charge in [0.1, 0.15) is 5.75 Å². The number of aliphatic hydroxyl groups is 1. The van der Waals surface area contributed by atoms with Gasteiger partial charge in [-0.2, -0.15) is 0 Å².